The maximum Gasteiger partial charge on any atom is 0.514 e. The van der Waals surface area contributed by atoms with Gasteiger partial charge in [-0.1, -0.05) is 0 Å². The highest BCUT2D eigenvalue weighted by Gasteiger charge is 2.52. The lowest BCUT2D eigenvalue weighted by molar-refractivity contribution is 0.00578. The van der Waals surface area contributed by atoms with E-state index in [1.807, 2.05) is 27.7 Å². The average molecular weight is 298 g/mol. The van der Waals surface area contributed by atoms with E-state index in [0.29, 0.717) is 10.5 Å². The molecule has 2 saturated heterocycles. The number of hydrogen-bond acceptors (Lipinski definition) is 5. The molecule has 1 aromatic rings. The van der Waals surface area contributed by atoms with Crippen molar-refractivity contribution in [2.24, 2.45) is 0 Å². The van der Waals surface area contributed by atoms with Crippen molar-refractivity contribution in [1.29, 1.82) is 0 Å². The molecule has 114 valence electrons. The van der Waals surface area contributed by atoms with Crippen LogP contribution in [0.25, 0.3) is 0 Å². The third kappa shape index (κ3) is 2.80. The number of aromatic nitrogens is 1. The maximum atomic E-state index is 8.09. The largest absolute Gasteiger partial charge is 0.514 e. The van der Waals surface area contributed by atoms with Crippen LogP contribution < -0.4 is 10.5 Å². The smallest absolute Gasteiger partial charge is 0.398 e. The molecular weight excluding hydrogens is 267 g/mol. The van der Waals surface area contributed by atoms with Gasteiger partial charge in [0, 0.05) is 19.2 Å². The molecule has 0 unspecified atom stereocenters. The summed E-state index contributed by atoms with van der Waals surface area (Å²) in [5.41, 5.74) is -0.976. The molecule has 3 rings (SSSR count). The fraction of sp³-hybridized carbons (Fsp3) is 0.667. The summed E-state index contributed by atoms with van der Waals surface area (Å²) in [6.07, 6.45) is 1.13. The van der Waals surface area contributed by atoms with Crippen LogP contribution in [0.2, 0.25) is 0 Å². The van der Waals surface area contributed by atoms with Crippen LogP contribution in [0.1, 0.15) is 38.7 Å². The van der Waals surface area contributed by atoms with Crippen LogP contribution in [-0.4, -0.2) is 49.4 Å². The van der Waals surface area contributed by atoms with Crippen molar-refractivity contribution in [3.8, 4) is 0 Å². The zero-order valence-electron chi connectivity index (χ0n) is 20.4. The Labute approximate surface area is 138 Å². The van der Waals surface area contributed by atoms with Crippen LogP contribution in [0.3, 0.4) is 0 Å². The van der Waals surface area contributed by atoms with E-state index in [2.05, 4.69) is 9.72 Å². The van der Waals surface area contributed by atoms with Crippen LogP contribution in [-0.2, 0) is 14.0 Å². The van der Waals surface area contributed by atoms with Gasteiger partial charge in [0.05, 0.1) is 46.6 Å². The van der Waals surface area contributed by atoms with Gasteiger partial charge in [0.25, 0.3) is 0 Å². The number of rotatable bonds is 2. The number of ether oxygens (including phenoxy) is 1. The van der Waals surface area contributed by atoms with Gasteiger partial charge in [-0.2, -0.15) is 0 Å². The van der Waals surface area contributed by atoms with Crippen molar-refractivity contribution >= 4 is 18.4 Å². The van der Waals surface area contributed by atoms with Gasteiger partial charge < -0.3 is 18.9 Å². The van der Waals surface area contributed by atoms with E-state index in [-0.39, 0.29) is 5.69 Å². The van der Waals surface area contributed by atoms with Gasteiger partial charge in [0.1, 0.15) is 0 Å². The molecule has 0 atom stereocenters. The Morgan fingerprint density at radius 1 is 1.14 bits per heavy atom. The molecule has 3 heterocycles. The second-order valence-electron chi connectivity index (χ2n) is 5.89. The van der Waals surface area contributed by atoms with E-state index < -0.39 is 44.4 Å². The van der Waals surface area contributed by atoms with Crippen molar-refractivity contribution in [3.63, 3.8) is 0 Å². The summed E-state index contributed by atoms with van der Waals surface area (Å²) >= 11 is 0. The lowest BCUT2D eigenvalue weighted by atomic mass is 9.84. The molecule has 2 aliphatic rings. The van der Waals surface area contributed by atoms with Gasteiger partial charge >= 0.3 is 7.12 Å². The van der Waals surface area contributed by atoms with Crippen molar-refractivity contribution < 1.29 is 25.0 Å². The lowest BCUT2D eigenvalue weighted by Gasteiger charge is -2.32. The number of anilines is 1. The molecule has 2 fully saturated rings. The fourth-order valence-corrected chi connectivity index (χ4v) is 1.95. The summed E-state index contributed by atoms with van der Waals surface area (Å²) in [4.78, 5) is 4.56. The van der Waals surface area contributed by atoms with E-state index >= 15 is 0 Å². The normalized spacial score (nSPS) is 39.6. The Morgan fingerprint density at radius 2 is 1.76 bits per heavy atom. The van der Waals surface area contributed by atoms with Crippen molar-refractivity contribution in [2.45, 2.75) is 38.9 Å². The van der Waals surface area contributed by atoms with E-state index in [9.17, 15) is 0 Å². The minimum Gasteiger partial charge on any atom is -0.398 e. The molecule has 5 nitrogen and oxygen atoms in total. The quantitative estimate of drug-likeness (QED) is 0.768. The Bertz CT molecular complexity index is 761. The van der Waals surface area contributed by atoms with E-state index in [0.717, 1.165) is 6.20 Å². The Balaban J connectivity index is 1.98. The van der Waals surface area contributed by atoms with Gasteiger partial charge in [-0.25, -0.2) is 0 Å². The predicted molar refractivity (Wildman–Crippen MR) is 83.0 cm³/mol. The van der Waals surface area contributed by atoms with Gasteiger partial charge in [0.15, 0.2) is 0 Å². The molecule has 0 spiro atoms. The monoisotopic (exact) mass is 298 g/mol. The standard InChI is InChI=1S/C15H23BN2O3/c1-14(2)15(3,4)21-16(20-14)13-6-5-12(11-17-13)18-7-9-19-10-8-18/h5-6,11H,7-10H2,1-4H3/i7D2,8D2,9D2,10D2. The van der Waals surface area contributed by atoms with Crippen LogP contribution in [0.4, 0.5) is 5.69 Å². The van der Waals surface area contributed by atoms with Crippen LogP contribution >= 0.6 is 0 Å². The number of morpholine rings is 1. The second-order valence-corrected chi connectivity index (χ2v) is 5.89. The first-order chi connectivity index (χ1) is 12.9. The molecule has 0 aromatic carbocycles. The third-order valence-electron chi connectivity index (χ3n) is 3.94. The van der Waals surface area contributed by atoms with Crippen molar-refractivity contribution in [2.75, 3.05) is 31.0 Å². The Hall–Kier alpha value is -1.11. The average Bonchev–Trinajstić information content (AvgIpc) is 2.73. The predicted octanol–water partition coefficient (Wildman–Crippen LogP) is 1.22. The summed E-state index contributed by atoms with van der Waals surface area (Å²) in [7, 11) is -0.787. The zero-order chi connectivity index (χ0) is 22.3. The summed E-state index contributed by atoms with van der Waals surface area (Å²) in [5.74, 6) is 0. The summed E-state index contributed by atoms with van der Waals surface area (Å²) in [6.45, 7) is -4.76. The van der Waals surface area contributed by atoms with Crippen molar-refractivity contribution in [1.82, 2.24) is 4.98 Å². The number of hydrogen-bond donors (Lipinski definition) is 0. The lowest BCUT2D eigenvalue weighted by Crippen LogP contribution is -2.41. The molecule has 0 bridgehead atoms. The molecule has 0 aliphatic carbocycles. The molecule has 0 amide bonds. The third-order valence-corrected chi connectivity index (χ3v) is 3.94. The molecular formula is C15H23BN2O3. The summed E-state index contributed by atoms with van der Waals surface area (Å²) < 4.78 is 79.7. The van der Waals surface area contributed by atoms with Gasteiger partial charge in [-0.15, -0.1) is 0 Å². The highest BCUT2D eigenvalue weighted by molar-refractivity contribution is 6.61. The number of nitrogens with zero attached hydrogens (tertiary/aromatic N) is 2. The van der Waals surface area contributed by atoms with Crippen LogP contribution in [0.15, 0.2) is 18.3 Å². The summed E-state index contributed by atoms with van der Waals surface area (Å²) in [6, 6.07) is 2.77. The second kappa shape index (κ2) is 5.27. The highest BCUT2D eigenvalue weighted by Crippen LogP contribution is 2.36. The Kier molecular flexibility index (Phi) is 1.99. The van der Waals surface area contributed by atoms with E-state index in [1.165, 1.54) is 12.1 Å². The highest BCUT2D eigenvalue weighted by atomic mass is 16.7. The molecule has 0 radical (unpaired) electrons. The van der Waals surface area contributed by atoms with Crippen LogP contribution in [0, 0.1) is 0 Å². The first-order valence-corrected chi connectivity index (χ1v) is 6.68. The first kappa shape index (κ1) is 7.95. The van der Waals surface area contributed by atoms with Gasteiger partial charge in [-0.3, -0.25) is 4.98 Å². The molecule has 0 saturated carbocycles. The van der Waals surface area contributed by atoms with Crippen LogP contribution in [0.5, 0.6) is 0 Å². The topological polar surface area (TPSA) is 43.8 Å². The zero-order valence-corrected chi connectivity index (χ0v) is 12.4. The molecule has 1 aromatic heterocycles. The fourth-order valence-electron chi connectivity index (χ4n) is 1.95. The minimum atomic E-state index is -3.12. The summed E-state index contributed by atoms with van der Waals surface area (Å²) in [5, 5.41) is 0. The van der Waals surface area contributed by atoms with Gasteiger partial charge in [-0.05, 0) is 39.8 Å². The molecule has 0 N–H and O–H groups in total. The number of pyridine rings is 1. The molecule has 21 heavy (non-hydrogen) atoms. The molecule has 2 aliphatic heterocycles. The molecule has 6 heteroatoms. The van der Waals surface area contributed by atoms with E-state index in [1.54, 1.807) is 0 Å². The van der Waals surface area contributed by atoms with Gasteiger partial charge in [0.2, 0.25) is 0 Å². The van der Waals surface area contributed by atoms with Crippen molar-refractivity contribution in [3.05, 3.63) is 18.3 Å². The van der Waals surface area contributed by atoms with E-state index in [4.69, 9.17) is 20.3 Å². The first-order valence-electron chi connectivity index (χ1n) is 10.7. The Morgan fingerprint density at radius 3 is 2.29 bits per heavy atom. The minimum absolute atomic E-state index is 0.156. The maximum absolute atomic E-state index is 8.09. The SMILES string of the molecule is [2H]C1([2H])OC([2H])([2H])C([2H])([2H])N(c2ccc(B3OC(C)(C)C(C)(C)O3)nc2)C1([2H])[2H].